The van der Waals surface area contributed by atoms with Crippen LogP contribution in [0.2, 0.25) is 5.02 Å². The molecule has 2 amide bonds. The summed E-state index contributed by atoms with van der Waals surface area (Å²) >= 11 is 6.07. The quantitative estimate of drug-likeness (QED) is 0.466. The number of benzene rings is 2. The van der Waals surface area contributed by atoms with Crippen molar-refractivity contribution >= 4 is 44.9 Å². The fourth-order valence-corrected chi connectivity index (χ4v) is 5.90. The van der Waals surface area contributed by atoms with E-state index in [1.807, 2.05) is 0 Å². The molecule has 2 aromatic rings. The van der Waals surface area contributed by atoms with Gasteiger partial charge in [0, 0.05) is 30.2 Å². The molecule has 3 N–H and O–H groups in total. The first-order valence-corrected chi connectivity index (χ1v) is 12.1. The monoisotopic (exact) mass is 530 g/mol. The van der Waals surface area contributed by atoms with Crippen molar-refractivity contribution in [1.82, 2.24) is 5.32 Å². The number of hydrogen-bond acceptors (Lipinski definition) is 7. The molecule has 1 fully saturated rings. The Labute approximate surface area is 204 Å². The Hall–Kier alpha value is -3.09. The van der Waals surface area contributed by atoms with Crippen LogP contribution in [-0.2, 0) is 24.2 Å². The summed E-state index contributed by atoms with van der Waals surface area (Å²) in [5, 5.41) is 13.7. The standard InChI is InChI=1S/C22H21ClF2N2O7S/c1-11(20(29)34-2)26-21(30)22(31)9-14(10-22)35(32,33)18-7-12(3-5-15(18)23)19(28)27-13-4-6-16(24)17(25)8-13/h3-8,11,14,31H,9-10H2,1-2H3,(H,26,30)(H,27,28)/t11-,14?,22?/m0/s1. The number of carbonyl (C=O) groups excluding carboxylic acids is 3. The van der Waals surface area contributed by atoms with Gasteiger partial charge in [-0.2, -0.15) is 0 Å². The first-order valence-electron chi connectivity index (χ1n) is 10.2. The maximum absolute atomic E-state index is 13.4. The van der Waals surface area contributed by atoms with E-state index in [4.69, 9.17) is 11.6 Å². The topological polar surface area (TPSA) is 139 Å². The van der Waals surface area contributed by atoms with E-state index in [9.17, 15) is 36.7 Å². The highest BCUT2D eigenvalue weighted by Gasteiger charge is 2.54. The van der Waals surface area contributed by atoms with E-state index in [0.717, 1.165) is 31.4 Å². The summed E-state index contributed by atoms with van der Waals surface area (Å²) in [6, 6.07) is 5.12. The van der Waals surface area contributed by atoms with Crippen molar-refractivity contribution in [2.24, 2.45) is 0 Å². The predicted octanol–water partition coefficient (Wildman–Crippen LogP) is 2.22. The van der Waals surface area contributed by atoms with Gasteiger partial charge in [0.15, 0.2) is 21.5 Å². The zero-order valence-electron chi connectivity index (χ0n) is 18.5. The molecular weight excluding hydrogens is 510 g/mol. The van der Waals surface area contributed by atoms with Gasteiger partial charge in [0.05, 0.1) is 22.3 Å². The van der Waals surface area contributed by atoms with Gasteiger partial charge in [-0.25, -0.2) is 22.0 Å². The van der Waals surface area contributed by atoms with Crippen LogP contribution in [-0.4, -0.2) is 55.3 Å². The third kappa shape index (κ3) is 5.44. The summed E-state index contributed by atoms with van der Waals surface area (Å²) in [6.45, 7) is 1.34. The Kier molecular flexibility index (Phi) is 7.48. The van der Waals surface area contributed by atoms with Gasteiger partial charge in [-0.15, -0.1) is 0 Å². The Bertz CT molecular complexity index is 1300. The molecule has 9 nitrogen and oxygen atoms in total. The molecule has 13 heteroatoms. The first-order chi connectivity index (χ1) is 16.3. The zero-order chi connectivity index (χ0) is 26.1. The minimum atomic E-state index is -4.18. The number of rotatable bonds is 7. The number of aliphatic hydroxyl groups is 1. The Morgan fingerprint density at radius 3 is 2.40 bits per heavy atom. The van der Waals surface area contributed by atoms with Crippen LogP contribution in [0, 0.1) is 11.6 Å². The summed E-state index contributed by atoms with van der Waals surface area (Å²) in [5.74, 6) is -4.74. The number of methoxy groups -OCH3 is 1. The lowest BCUT2D eigenvalue weighted by atomic mass is 9.79. The number of halogens is 3. The number of carbonyl (C=O) groups is 3. The number of hydrogen-bond donors (Lipinski definition) is 3. The van der Waals surface area contributed by atoms with Crippen molar-refractivity contribution in [3.05, 3.63) is 58.6 Å². The van der Waals surface area contributed by atoms with Crippen LogP contribution in [0.25, 0.3) is 0 Å². The molecule has 0 radical (unpaired) electrons. The lowest BCUT2D eigenvalue weighted by Crippen LogP contribution is -2.61. The summed E-state index contributed by atoms with van der Waals surface area (Å²) in [4.78, 5) is 35.9. The fraction of sp³-hybridized carbons (Fsp3) is 0.318. The molecule has 1 atom stereocenters. The molecule has 0 aliphatic heterocycles. The summed E-state index contributed by atoms with van der Waals surface area (Å²) in [5.41, 5.74) is -2.20. The van der Waals surface area contributed by atoms with Crippen LogP contribution in [0.15, 0.2) is 41.3 Å². The molecule has 0 unspecified atom stereocenters. The largest absolute Gasteiger partial charge is 0.467 e. The van der Waals surface area contributed by atoms with Gasteiger partial charge < -0.3 is 20.5 Å². The molecule has 1 saturated carbocycles. The van der Waals surface area contributed by atoms with Gasteiger partial charge in [0.25, 0.3) is 11.8 Å². The highest BCUT2D eigenvalue weighted by atomic mass is 35.5. The van der Waals surface area contributed by atoms with E-state index < -0.39 is 73.9 Å². The van der Waals surface area contributed by atoms with Gasteiger partial charge in [0.2, 0.25) is 0 Å². The number of sulfone groups is 1. The first kappa shape index (κ1) is 26.5. The van der Waals surface area contributed by atoms with Crippen LogP contribution >= 0.6 is 11.6 Å². The molecule has 2 aromatic carbocycles. The van der Waals surface area contributed by atoms with Gasteiger partial charge >= 0.3 is 5.97 Å². The van der Waals surface area contributed by atoms with Crippen molar-refractivity contribution in [3.63, 3.8) is 0 Å². The van der Waals surface area contributed by atoms with Gasteiger partial charge in [-0.05, 0) is 37.3 Å². The molecule has 3 rings (SSSR count). The van der Waals surface area contributed by atoms with Crippen LogP contribution in [0.1, 0.15) is 30.1 Å². The SMILES string of the molecule is COC(=O)[C@H](C)NC(=O)C1(O)CC(S(=O)(=O)c2cc(C(=O)Nc3ccc(F)c(F)c3)ccc2Cl)C1. The van der Waals surface area contributed by atoms with E-state index in [0.29, 0.717) is 0 Å². The van der Waals surface area contributed by atoms with E-state index in [-0.39, 0.29) is 16.3 Å². The number of ether oxygens (including phenoxy) is 1. The maximum atomic E-state index is 13.4. The van der Waals surface area contributed by atoms with Crippen LogP contribution < -0.4 is 10.6 Å². The highest BCUT2D eigenvalue weighted by Crippen LogP contribution is 2.41. The van der Waals surface area contributed by atoms with Crippen LogP contribution in [0.4, 0.5) is 14.5 Å². The second kappa shape index (κ2) is 9.88. The van der Waals surface area contributed by atoms with E-state index >= 15 is 0 Å². The number of esters is 1. The third-order valence-electron chi connectivity index (χ3n) is 5.57. The van der Waals surface area contributed by atoms with Crippen molar-refractivity contribution < 1.29 is 41.4 Å². The molecule has 1 aliphatic rings. The van der Waals surface area contributed by atoms with Gasteiger partial charge in [0.1, 0.15) is 11.6 Å². The molecule has 188 valence electrons. The second-order valence-corrected chi connectivity index (χ2v) is 10.7. The molecule has 0 bridgehead atoms. The summed E-state index contributed by atoms with van der Waals surface area (Å²) < 4.78 is 57.2. The average molecular weight is 531 g/mol. The van der Waals surface area contributed by atoms with E-state index in [1.165, 1.54) is 19.1 Å². The van der Waals surface area contributed by atoms with Gasteiger partial charge in [-0.1, -0.05) is 11.6 Å². The van der Waals surface area contributed by atoms with Crippen molar-refractivity contribution in [2.45, 2.75) is 41.6 Å². The Morgan fingerprint density at radius 2 is 1.80 bits per heavy atom. The molecule has 0 spiro atoms. The molecule has 0 saturated heterocycles. The lowest BCUT2D eigenvalue weighted by Gasteiger charge is -2.41. The summed E-state index contributed by atoms with van der Waals surface area (Å²) in [6.07, 6.45) is -0.923. The smallest absolute Gasteiger partial charge is 0.328 e. The maximum Gasteiger partial charge on any atom is 0.328 e. The number of amides is 2. The number of anilines is 1. The van der Waals surface area contributed by atoms with Gasteiger partial charge in [-0.3, -0.25) is 9.59 Å². The molecule has 0 aromatic heterocycles. The lowest BCUT2D eigenvalue weighted by molar-refractivity contribution is -0.153. The Morgan fingerprint density at radius 1 is 1.14 bits per heavy atom. The van der Waals surface area contributed by atoms with E-state index in [1.54, 1.807) is 0 Å². The predicted molar refractivity (Wildman–Crippen MR) is 121 cm³/mol. The molecule has 35 heavy (non-hydrogen) atoms. The highest BCUT2D eigenvalue weighted by molar-refractivity contribution is 7.92. The van der Waals surface area contributed by atoms with E-state index in [2.05, 4.69) is 15.4 Å². The minimum Gasteiger partial charge on any atom is -0.467 e. The average Bonchev–Trinajstić information content (AvgIpc) is 2.78. The molecule has 0 heterocycles. The van der Waals surface area contributed by atoms with Crippen LogP contribution in [0.3, 0.4) is 0 Å². The van der Waals surface area contributed by atoms with Crippen molar-refractivity contribution in [3.8, 4) is 0 Å². The summed E-state index contributed by atoms with van der Waals surface area (Å²) in [7, 11) is -3.05. The van der Waals surface area contributed by atoms with Crippen LogP contribution in [0.5, 0.6) is 0 Å². The normalized spacial score (nSPS) is 20.3. The molecular formula is C22H21ClF2N2O7S. The third-order valence-corrected chi connectivity index (χ3v) is 8.18. The fourth-order valence-electron chi connectivity index (χ4n) is 3.48. The van der Waals surface area contributed by atoms with Crippen molar-refractivity contribution in [2.75, 3.05) is 12.4 Å². The minimum absolute atomic E-state index is 0.0514. The zero-order valence-corrected chi connectivity index (χ0v) is 20.0. The second-order valence-electron chi connectivity index (χ2n) is 8.05. The number of nitrogens with one attached hydrogen (secondary N) is 2. The molecule has 1 aliphatic carbocycles. The Balaban J connectivity index is 1.75. The van der Waals surface area contributed by atoms with Crippen molar-refractivity contribution in [1.29, 1.82) is 0 Å².